The summed E-state index contributed by atoms with van der Waals surface area (Å²) in [5, 5.41) is 8.79. The van der Waals surface area contributed by atoms with Gasteiger partial charge in [-0.1, -0.05) is 6.92 Å². The van der Waals surface area contributed by atoms with Gasteiger partial charge in [0.15, 0.2) is 0 Å². The third-order valence-corrected chi connectivity index (χ3v) is 2.66. The van der Waals surface area contributed by atoms with Gasteiger partial charge in [0, 0.05) is 19.0 Å². The maximum Gasteiger partial charge on any atom is 0.410 e. The van der Waals surface area contributed by atoms with Crippen LogP contribution in [0.15, 0.2) is 0 Å². The van der Waals surface area contributed by atoms with E-state index in [-0.39, 0.29) is 12.0 Å². The highest BCUT2D eigenvalue weighted by Gasteiger charge is 2.38. The van der Waals surface area contributed by atoms with Crippen LogP contribution in [-0.2, 0) is 9.53 Å². The Kier molecular flexibility index (Phi) is 3.45. The van der Waals surface area contributed by atoms with Crippen molar-refractivity contribution in [2.24, 2.45) is 11.8 Å². The topological polar surface area (TPSA) is 66.8 Å². The van der Waals surface area contributed by atoms with E-state index in [2.05, 4.69) is 0 Å². The molecule has 0 bridgehead atoms. The average molecular weight is 229 g/mol. The van der Waals surface area contributed by atoms with Gasteiger partial charge >= 0.3 is 12.1 Å². The molecular formula is C11H19NO4. The van der Waals surface area contributed by atoms with Crippen LogP contribution in [0.5, 0.6) is 0 Å². The number of carboxylic acids is 1. The lowest BCUT2D eigenvalue weighted by Crippen LogP contribution is -2.54. The van der Waals surface area contributed by atoms with Crippen LogP contribution in [0, 0.1) is 11.8 Å². The monoisotopic (exact) mass is 229 g/mol. The molecule has 0 aliphatic carbocycles. The molecule has 16 heavy (non-hydrogen) atoms. The molecule has 0 radical (unpaired) electrons. The van der Waals surface area contributed by atoms with E-state index in [9.17, 15) is 9.59 Å². The molecule has 5 heteroatoms. The minimum atomic E-state index is -0.811. The second-order valence-corrected chi connectivity index (χ2v) is 5.27. The van der Waals surface area contributed by atoms with Crippen LogP contribution in [0.3, 0.4) is 0 Å². The summed E-state index contributed by atoms with van der Waals surface area (Å²) in [6.45, 7) is 8.04. The first-order chi connectivity index (χ1) is 7.20. The minimum Gasteiger partial charge on any atom is -0.481 e. The highest BCUT2D eigenvalue weighted by atomic mass is 16.6. The van der Waals surface area contributed by atoms with Crippen molar-refractivity contribution in [3.63, 3.8) is 0 Å². The molecule has 1 atom stereocenters. The second kappa shape index (κ2) is 4.31. The lowest BCUT2D eigenvalue weighted by atomic mass is 9.87. The standard InChI is InChI=1S/C11H19NO4/c1-7(9(13)14)8-5-12(6-8)10(15)16-11(2,3)4/h7-8H,5-6H2,1-4H3,(H,13,14). The van der Waals surface area contributed by atoms with Crippen LogP contribution >= 0.6 is 0 Å². The van der Waals surface area contributed by atoms with Gasteiger partial charge in [0.2, 0.25) is 0 Å². The predicted octanol–water partition coefficient (Wildman–Crippen LogP) is 1.57. The lowest BCUT2D eigenvalue weighted by Gasteiger charge is -2.41. The molecule has 1 saturated heterocycles. The highest BCUT2D eigenvalue weighted by molar-refractivity contribution is 5.72. The molecule has 1 fully saturated rings. The Labute approximate surface area is 95.4 Å². The number of ether oxygens (including phenoxy) is 1. The normalized spacial score (nSPS) is 18.9. The van der Waals surface area contributed by atoms with E-state index < -0.39 is 17.5 Å². The SMILES string of the molecule is CC(C(=O)O)C1CN(C(=O)OC(C)(C)C)C1. The smallest absolute Gasteiger partial charge is 0.410 e. The molecule has 1 unspecified atom stereocenters. The predicted molar refractivity (Wildman–Crippen MR) is 58.1 cm³/mol. The molecule has 0 aromatic heterocycles. The molecule has 0 spiro atoms. The van der Waals surface area contributed by atoms with Gasteiger partial charge in [-0.05, 0) is 20.8 Å². The van der Waals surface area contributed by atoms with Crippen molar-refractivity contribution in [3.8, 4) is 0 Å². The zero-order valence-corrected chi connectivity index (χ0v) is 10.2. The number of likely N-dealkylation sites (tertiary alicyclic amines) is 1. The second-order valence-electron chi connectivity index (χ2n) is 5.27. The molecule has 1 amide bonds. The summed E-state index contributed by atoms with van der Waals surface area (Å²) < 4.78 is 5.17. The van der Waals surface area contributed by atoms with Crippen LogP contribution in [0.25, 0.3) is 0 Å². The number of carbonyl (C=O) groups excluding carboxylic acids is 1. The summed E-state index contributed by atoms with van der Waals surface area (Å²) in [7, 11) is 0. The first-order valence-corrected chi connectivity index (χ1v) is 5.41. The zero-order valence-electron chi connectivity index (χ0n) is 10.2. The number of rotatable bonds is 2. The fourth-order valence-corrected chi connectivity index (χ4v) is 1.51. The fourth-order valence-electron chi connectivity index (χ4n) is 1.51. The molecule has 92 valence electrons. The van der Waals surface area contributed by atoms with Gasteiger partial charge in [-0.25, -0.2) is 4.79 Å². The Bertz CT molecular complexity index is 289. The van der Waals surface area contributed by atoms with E-state index in [0.29, 0.717) is 13.1 Å². The number of hydrogen-bond donors (Lipinski definition) is 1. The molecule has 5 nitrogen and oxygen atoms in total. The minimum absolute atomic E-state index is 0.0463. The Morgan fingerprint density at radius 2 is 1.88 bits per heavy atom. The maximum atomic E-state index is 11.5. The number of carbonyl (C=O) groups is 2. The average Bonchev–Trinajstić information content (AvgIpc) is 1.96. The van der Waals surface area contributed by atoms with E-state index in [1.54, 1.807) is 6.92 Å². The molecule has 0 saturated carbocycles. The third-order valence-electron chi connectivity index (χ3n) is 2.66. The summed E-state index contributed by atoms with van der Waals surface area (Å²) in [6.07, 6.45) is -0.360. The van der Waals surface area contributed by atoms with E-state index >= 15 is 0 Å². The summed E-state index contributed by atoms with van der Waals surface area (Å²) in [5.41, 5.74) is -0.499. The van der Waals surface area contributed by atoms with Crippen molar-refractivity contribution < 1.29 is 19.4 Å². The van der Waals surface area contributed by atoms with Crippen molar-refractivity contribution >= 4 is 12.1 Å². The van der Waals surface area contributed by atoms with Crippen molar-refractivity contribution in [3.05, 3.63) is 0 Å². The number of nitrogens with zero attached hydrogens (tertiary/aromatic N) is 1. The molecule has 1 heterocycles. The van der Waals surface area contributed by atoms with Crippen molar-refractivity contribution in [1.82, 2.24) is 4.90 Å². The molecule has 1 aliphatic rings. The third kappa shape index (κ3) is 3.12. The van der Waals surface area contributed by atoms with Crippen molar-refractivity contribution in [1.29, 1.82) is 0 Å². The van der Waals surface area contributed by atoms with Gasteiger partial charge < -0.3 is 14.7 Å². The van der Waals surface area contributed by atoms with E-state index in [4.69, 9.17) is 9.84 Å². The van der Waals surface area contributed by atoms with Gasteiger partial charge in [-0.15, -0.1) is 0 Å². The Morgan fingerprint density at radius 1 is 1.38 bits per heavy atom. The van der Waals surface area contributed by atoms with Crippen LogP contribution in [-0.4, -0.2) is 40.8 Å². The van der Waals surface area contributed by atoms with Crippen molar-refractivity contribution in [2.75, 3.05) is 13.1 Å². The first-order valence-electron chi connectivity index (χ1n) is 5.41. The van der Waals surface area contributed by atoms with E-state index in [1.165, 1.54) is 4.90 Å². The summed E-state index contributed by atoms with van der Waals surface area (Å²) >= 11 is 0. The Hall–Kier alpha value is -1.26. The highest BCUT2D eigenvalue weighted by Crippen LogP contribution is 2.25. The van der Waals surface area contributed by atoms with Crippen LogP contribution in [0.4, 0.5) is 4.79 Å². The molecular weight excluding hydrogens is 210 g/mol. The van der Waals surface area contributed by atoms with Gasteiger partial charge in [0.25, 0.3) is 0 Å². The summed E-state index contributed by atoms with van der Waals surface area (Å²) in [5.74, 6) is -1.17. The first kappa shape index (κ1) is 12.8. The largest absolute Gasteiger partial charge is 0.481 e. The number of amides is 1. The molecule has 1 rings (SSSR count). The van der Waals surface area contributed by atoms with Crippen molar-refractivity contribution in [2.45, 2.75) is 33.3 Å². The fraction of sp³-hybridized carbons (Fsp3) is 0.818. The van der Waals surface area contributed by atoms with E-state index in [0.717, 1.165) is 0 Å². The molecule has 0 aromatic rings. The van der Waals surface area contributed by atoms with Crippen LogP contribution < -0.4 is 0 Å². The van der Waals surface area contributed by atoms with Crippen LogP contribution in [0.1, 0.15) is 27.7 Å². The zero-order chi connectivity index (χ0) is 12.5. The lowest BCUT2D eigenvalue weighted by molar-refractivity contribution is -0.145. The van der Waals surface area contributed by atoms with E-state index in [1.807, 2.05) is 20.8 Å². The Balaban J connectivity index is 2.36. The van der Waals surface area contributed by atoms with Crippen LogP contribution in [0.2, 0.25) is 0 Å². The summed E-state index contributed by atoms with van der Waals surface area (Å²) in [4.78, 5) is 23.8. The number of hydrogen-bond acceptors (Lipinski definition) is 3. The van der Waals surface area contributed by atoms with Gasteiger partial charge in [-0.2, -0.15) is 0 Å². The summed E-state index contributed by atoms with van der Waals surface area (Å²) in [6, 6.07) is 0. The number of carboxylic acid groups (broad SMARTS) is 1. The van der Waals surface area contributed by atoms with Gasteiger partial charge in [-0.3, -0.25) is 4.79 Å². The molecule has 0 aromatic carbocycles. The number of aliphatic carboxylic acids is 1. The molecule has 1 N–H and O–H groups in total. The quantitative estimate of drug-likeness (QED) is 0.780. The van der Waals surface area contributed by atoms with Gasteiger partial charge in [0.05, 0.1) is 5.92 Å². The maximum absolute atomic E-state index is 11.5. The Morgan fingerprint density at radius 3 is 2.25 bits per heavy atom. The molecule has 1 aliphatic heterocycles. The van der Waals surface area contributed by atoms with Gasteiger partial charge in [0.1, 0.15) is 5.60 Å².